The Kier molecular flexibility index (Phi) is 6.40. The molecule has 9 heteroatoms. The van der Waals surface area contributed by atoms with E-state index in [1.165, 1.54) is 12.1 Å². The van der Waals surface area contributed by atoms with Crippen LogP contribution in [0.1, 0.15) is 16.8 Å². The molecule has 1 aliphatic heterocycles. The number of benzene rings is 2. The van der Waals surface area contributed by atoms with Gasteiger partial charge >= 0.3 is 0 Å². The number of non-ortho nitro benzene ring substituents is 1. The van der Waals surface area contributed by atoms with Gasteiger partial charge in [0.15, 0.2) is 0 Å². The van der Waals surface area contributed by atoms with Crippen molar-refractivity contribution in [3.63, 3.8) is 0 Å². The third kappa shape index (κ3) is 5.52. The first-order valence-corrected chi connectivity index (χ1v) is 9.34. The smallest absolute Gasteiger partial charge is 0.269 e. The number of nitrogens with zero attached hydrogens (tertiary/aromatic N) is 3. The van der Waals surface area contributed by atoms with Crippen molar-refractivity contribution in [1.29, 1.82) is 0 Å². The summed E-state index contributed by atoms with van der Waals surface area (Å²) in [4.78, 5) is 38.0. The van der Waals surface area contributed by atoms with E-state index in [0.717, 1.165) is 31.9 Å². The molecule has 0 spiro atoms. The van der Waals surface area contributed by atoms with Crippen molar-refractivity contribution in [1.82, 2.24) is 4.90 Å². The second-order valence-electron chi connectivity index (χ2n) is 6.84. The van der Waals surface area contributed by atoms with Crippen molar-refractivity contribution in [2.75, 3.05) is 42.9 Å². The number of nitro benzene ring substituents is 1. The number of rotatable bonds is 7. The average molecular weight is 397 g/mol. The van der Waals surface area contributed by atoms with Crippen molar-refractivity contribution in [3.8, 4) is 0 Å². The van der Waals surface area contributed by atoms with E-state index < -0.39 is 10.8 Å². The largest absolute Gasteiger partial charge is 0.369 e. The summed E-state index contributed by atoms with van der Waals surface area (Å²) in [5, 5.41) is 13.6. The first kappa shape index (κ1) is 20.3. The van der Waals surface area contributed by atoms with Gasteiger partial charge in [0, 0.05) is 68.2 Å². The van der Waals surface area contributed by atoms with E-state index in [-0.39, 0.29) is 11.6 Å². The number of hydrogen-bond acceptors (Lipinski definition) is 6. The van der Waals surface area contributed by atoms with Crippen LogP contribution in [0.25, 0.3) is 0 Å². The number of anilines is 2. The van der Waals surface area contributed by atoms with Crippen molar-refractivity contribution in [2.24, 2.45) is 5.73 Å². The number of nitrogens with one attached hydrogen (secondary N) is 1. The Balaban J connectivity index is 1.41. The second kappa shape index (κ2) is 9.16. The van der Waals surface area contributed by atoms with Gasteiger partial charge in [-0.1, -0.05) is 0 Å². The quantitative estimate of drug-likeness (QED) is 0.543. The molecule has 0 saturated carbocycles. The SMILES string of the molecule is NC(=O)c1ccc(NC(=O)CCN2CCN(c3ccc([N+](=O)[O-])cc3)CC2)cc1. The number of primary amides is 1. The molecular formula is C20H23N5O4. The summed E-state index contributed by atoms with van der Waals surface area (Å²) < 4.78 is 0. The van der Waals surface area contributed by atoms with Gasteiger partial charge in [0.2, 0.25) is 11.8 Å². The molecule has 0 aromatic heterocycles. The minimum absolute atomic E-state index is 0.0858. The molecule has 9 nitrogen and oxygen atoms in total. The maximum absolute atomic E-state index is 12.2. The molecule has 2 aromatic carbocycles. The number of carbonyl (C=O) groups is 2. The van der Waals surface area contributed by atoms with Gasteiger partial charge in [-0.2, -0.15) is 0 Å². The van der Waals surface area contributed by atoms with Crippen LogP contribution in [0.15, 0.2) is 48.5 Å². The highest BCUT2D eigenvalue weighted by molar-refractivity contribution is 5.94. The number of nitro groups is 1. The highest BCUT2D eigenvalue weighted by Gasteiger charge is 2.18. The van der Waals surface area contributed by atoms with Crippen LogP contribution in [0, 0.1) is 10.1 Å². The Bertz CT molecular complexity index is 875. The van der Waals surface area contributed by atoms with Crippen molar-refractivity contribution in [2.45, 2.75) is 6.42 Å². The van der Waals surface area contributed by atoms with Crippen LogP contribution >= 0.6 is 0 Å². The molecule has 3 rings (SSSR count). The van der Waals surface area contributed by atoms with Gasteiger partial charge in [0.1, 0.15) is 0 Å². The Morgan fingerprint density at radius 3 is 2.17 bits per heavy atom. The number of piperazine rings is 1. The molecule has 1 heterocycles. The number of carbonyl (C=O) groups excluding carboxylic acids is 2. The zero-order valence-electron chi connectivity index (χ0n) is 15.9. The van der Waals surface area contributed by atoms with Gasteiger partial charge < -0.3 is 16.0 Å². The fraction of sp³-hybridized carbons (Fsp3) is 0.300. The zero-order chi connectivity index (χ0) is 20.8. The van der Waals surface area contributed by atoms with E-state index in [1.807, 2.05) is 0 Å². The van der Waals surface area contributed by atoms with E-state index in [4.69, 9.17) is 5.73 Å². The monoisotopic (exact) mass is 397 g/mol. The second-order valence-corrected chi connectivity index (χ2v) is 6.84. The molecule has 0 unspecified atom stereocenters. The molecule has 0 aliphatic carbocycles. The first-order chi connectivity index (χ1) is 13.9. The average Bonchev–Trinajstić information content (AvgIpc) is 2.73. The lowest BCUT2D eigenvalue weighted by Gasteiger charge is -2.36. The van der Waals surface area contributed by atoms with E-state index in [2.05, 4.69) is 15.1 Å². The predicted molar refractivity (Wildman–Crippen MR) is 110 cm³/mol. The number of hydrogen-bond donors (Lipinski definition) is 2. The maximum Gasteiger partial charge on any atom is 0.269 e. The van der Waals surface area contributed by atoms with Gasteiger partial charge in [0.05, 0.1) is 4.92 Å². The van der Waals surface area contributed by atoms with Gasteiger partial charge in [-0.05, 0) is 36.4 Å². The van der Waals surface area contributed by atoms with Gasteiger partial charge in [-0.25, -0.2) is 0 Å². The van der Waals surface area contributed by atoms with Crippen LogP contribution < -0.4 is 16.0 Å². The molecule has 0 radical (unpaired) electrons. The Labute approximate surface area is 168 Å². The molecule has 1 fully saturated rings. The summed E-state index contributed by atoms with van der Waals surface area (Å²) in [6.07, 6.45) is 0.370. The van der Waals surface area contributed by atoms with Crippen LogP contribution in [0.3, 0.4) is 0 Å². The number of amides is 2. The minimum Gasteiger partial charge on any atom is -0.369 e. The van der Waals surface area contributed by atoms with Crippen LogP contribution in [-0.2, 0) is 4.79 Å². The molecule has 3 N–H and O–H groups in total. The fourth-order valence-electron chi connectivity index (χ4n) is 3.22. The van der Waals surface area contributed by atoms with Crippen molar-refractivity contribution in [3.05, 3.63) is 64.2 Å². The predicted octanol–water partition coefficient (Wildman–Crippen LogP) is 1.84. The Hall–Kier alpha value is -3.46. The van der Waals surface area contributed by atoms with Crippen LogP contribution in [0.5, 0.6) is 0 Å². The lowest BCUT2D eigenvalue weighted by molar-refractivity contribution is -0.384. The summed E-state index contributed by atoms with van der Waals surface area (Å²) in [6, 6.07) is 13.0. The standard InChI is InChI=1S/C20H23N5O4/c21-20(27)15-1-3-16(4-2-15)22-19(26)9-10-23-11-13-24(14-12-23)17-5-7-18(8-6-17)25(28)29/h1-8H,9-14H2,(H2,21,27)(H,22,26). The molecule has 29 heavy (non-hydrogen) atoms. The van der Waals surface area contributed by atoms with Gasteiger partial charge in [-0.3, -0.25) is 24.6 Å². The summed E-state index contributed by atoms with van der Waals surface area (Å²) in [5.74, 6) is -0.592. The normalized spacial score (nSPS) is 14.4. The summed E-state index contributed by atoms with van der Waals surface area (Å²) in [5.41, 5.74) is 7.27. The zero-order valence-corrected chi connectivity index (χ0v) is 15.9. The Morgan fingerprint density at radius 1 is 1.00 bits per heavy atom. The molecular weight excluding hydrogens is 374 g/mol. The third-order valence-electron chi connectivity index (χ3n) is 4.91. The summed E-state index contributed by atoms with van der Waals surface area (Å²) >= 11 is 0. The molecule has 1 aliphatic rings. The van der Waals surface area contributed by atoms with E-state index in [9.17, 15) is 19.7 Å². The molecule has 152 valence electrons. The van der Waals surface area contributed by atoms with E-state index in [1.54, 1.807) is 36.4 Å². The molecule has 0 bridgehead atoms. The summed E-state index contributed by atoms with van der Waals surface area (Å²) in [6.45, 7) is 3.89. The van der Waals surface area contributed by atoms with Crippen LogP contribution in [-0.4, -0.2) is 54.4 Å². The third-order valence-corrected chi connectivity index (χ3v) is 4.91. The van der Waals surface area contributed by atoms with E-state index in [0.29, 0.717) is 24.2 Å². The lowest BCUT2D eigenvalue weighted by atomic mass is 10.2. The molecule has 0 atom stereocenters. The lowest BCUT2D eigenvalue weighted by Crippen LogP contribution is -2.47. The molecule has 1 saturated heterocycles. The minimum atomic E-state index is -0.504. The fourth-order valence-corrected chi connectivity index (χ4v) is 3.22. The first-order valence-electron chi connectivity index (χ1n) is 9.34. The molecule has 2 amide bonds. The highest BCUT2D eigenvalue weighted by Crippen LogP contribution is 2.20. The van der Waals surface area contributed by atoms with Crippen LogP contribution in [0.2, 0.25) is 0 Å². The topological polar surface area (TPSA) is 122 Å². The molecule has 2 aromatic rings. The van der Waals surface area contributed by atoms with Crippen molar-refractivity contribution >= 4 is 28.9 Å². The number of nitrogens with two attached hydrogens (primary N) is 1. The van der Waals surface area contributed by atoms with E-state index >= 15 is 0 Å². The summed E-state index contributed by atoms with van der Waals surface area (Å²) in [7, 11) is 0. The van der Waals surface area contributed by atoms with Gasteiger partial charge in [0.25, 0.3) is 5.69 Å². The maximum atomic E-state index is 12.2. The Morgan fingerprint density at radius 2 is 1.62 bits per heavy atom. The van der Waals surface area contributed by atoms with Crippen LogP contribution in [0.4, 0.5) is 17.1 Å². The van der Waals surface area contributed by atoms with Gasteiger partial charge in [-0.15, -0.1) is 0 Å². The highest BCUT2D eigenvalue weighted by atomic mass is 16.6. The van der Waals surface area contributed by atoms with Crippen molar-refractivity contribution < 1.29 is 14.5 Å².